The summed E-state index contributed by atoms with van der Waals surface area (Å²) in [6, 6.07) is 10.6. The molecule has 23 heavy (non-hydrogen) atoms. The minimum Gasteiger partial charge on any atom is -0.461 e. The fourth-order valence-electron chi connectivity index (χ4n) is 2.69. The molecule has 2 heterocycles. The lowest BCUT2D eigenvalue weighted by atomic mass is 9.96. The van der Waals surface area contributed by atoms with Crippen molar-refractivity contribution >= 4 is 11.9 Å². The molecule has 1 amide bonds. The van der Waals surface area contributed by atoms with E-state index in [0.717, 1.165) is 0 Å². The average Bonchev–Trinajstić information content (AvgIpc) is 2.80. The number of fused-ring (bicyclic) bond motifs is 1. The Morgan fingerprint density at radius 2 is 2.04 bits per heavy atom. The molecule has 2 aromatic rings. The van der Waals surface area contributed by atoms with Crippen LogP contribution in [0, 0.1) is 0 Å². The van der Waals surface area contributed by atoms with Gasteiger partial charge in [0.25, 0.3) is 5.91 Å². The zero-order valence-electron chi connectivity index (χ0n) is 12.7. The molecule has 0 spiro atoms. The van der Waals surface area contributed by atoms with E-state index in [2.05, 4.69) is 5.32 Å². The number of nitrogens with zero attached hydrogens (tertiary/aromatic N) is 1. The van der Waals surface area contributed by atoms with E-state index in [1.54, 1.807) is 54.2 Å². The van der Waals surface area contributed by atoms with Gasteiger partial charge < -0.3 is 15.2 Å². The first kappa shape index (κ1) is 15.2. The molecule has 0 aliphatic carbocycles. The maximum Gasteiger partial charge on any atom is 0.372 e. The number of pyridine rings is 1. The van der Waals surface area contributed by atoms with Crippen molar-refractivity contribution in [1.29, 1.82) is 0 Å². The molecule has 0 fully saturated rings. The number of esters is 1. The predicted molar refractivity (Wildman–Crippen MR) is 80.2 cm³/mol. The smallest absolute Gasteiger partial charge is 0.372 e. The van der Waals surface area contributed by atoms with Crippen LogP contribution < -0.4 is 9.88 Å². The van der Waals surface area contributed by atoms with E-state index in [4.69, 9.17) is 4.74 Å². The van der Waals surface area contributed by atoms with Gasteiger partial charge in [0.05, 0.1) is 6.61 Å². The van der Waals surface area contributed by atoms with Crippen LogP contribution in [-0.2, 0) is 21.8 Å². The van der Waals surface area contributed by atoms with Crippen LogP contribution in [-0.4, -0.2) is 23.6 Å². The van der Waals surface area contributed by atoms with Gasteiger partial charge in [-0.2, -0.15) is 4.57 Å². The molecule has 0 bridgehead atoms. The van der Waals surface area contributed by atoms with E-state index < -0.39 is 5.72 Å². The van der Waals surface area contributed by atoms with Crippen molar-refractivity contribution in [3.63, 3.8) is 0 Å². The summed E-state index contributed by atoms with van der Waals surface area (Å²) in [6.45, 7) is 2.05. The van der Waals surface area contributed by atoms with Gasteiger partial charge in [0.15, 0.2) is 18.1 Å². The zero-order valence-corrected chi connectivity index (χ0v) is 12.7. The van der Waals surface area contributed by atoms with Gasteiger partial charge in [0, 0.05) is 17.2 Å². The third kappa shape index (κ3) is 2.68. The molecule has 3 rings (SSSR count). The van der Waals surface area contributed by atoms with Crippen molar-refractivity contribution in [3.8, 4) is 0 Å². The summed E-state index contributed by atoms with van der Waals surface area (Å²) in [5, 5.41) is 13.5. The molecule has 6 nitrogen and oxygen atoms in total. The number of amides is 1. The van der Waals surface area contributed by atoms with Crippen LogP contribution in [0.4, 0.5) is 0 Å². The third-order valence-electron chi connectivity index (χ3n) is 3.76. The van der Waals surface area contributed by atoms with Crippen molar-refractivity contribution in [2.75, 3.05) is 6.61 Å². The second kappa shape index (κ2) is 5.81. The molecule has 1 aromatic heterocycles. The Morgan fingerprint density at radius 3 is 2.74 bits per heavy atom. The highest BCUT2D eigenvalue weighted by molar-refractivity contribution is 5.99. The summed E-state index contributed by atoms with van der Waals surface area (Å²) in [6.07, 6.45) is 3.19. The first-order valence-electron chi connectivity index (χ1n) is 7.34. The van der Waals surface area contributed by atoms with Crippen LogP contribution in [0.5, 0.6) is 0 Å². The fourth-order valence-corrected chi connectivity index (χ4v) is 2.69. The van der Waals surface area contributed by atoms with Gasteiger partial charge in [-0.05, 0) is 6.92 Å². The number of aromatic nitrogens is 1. The maximum absolute atomic E-state index is 12.2. The largest absolute Gasteiger partial charge is 0.461 e. The summed E-state index contributed by atoms with van der Waals surface area (Å²) in [5.74, 6) is -0.765. The van der Waals surface area contributed by atoms with Crippen molar-refractivity contribution in [2.24, 2.45) is 0 Å². The monoisotopic (exact) mass is 313 g/mol. The topological polar surface area (TPSA) is 79.5 Å². The highest BCUT2D eigenvalue weighted by Crippen LogP contribution is 2.33. The number of benzene rings is 1. The van der Waals surface area contributed by atoms with Crippen molar-refractivity contribution in [1.82, 2.24) is 5.32 Å². The van der Waals surface area contributed by atoms with E-state index in [1.165, 1.54) is 0 Å². The number of aliphatic hydroxyl groups is 1. The van der Waals surface area contributed by atoms with Gasteiger partial charge in [0.2, 0.25) is 6.54 Å². The predicted octanol–water partition coefficient (Wildman–Crippen LogP) is 0.474. The lowest BCUT2D eigenvalue weighted by Gasteiger charge is -2.23. The molecule has 1 atom stereocenters. The number of carbonyl (C=O) groups is 2. The van der Waals surface area contributed by atoms with Crippen LogP contribution in [0.2, 0.25) is 0 Å². The molecule has 0 radical (unpaired) electrons. The number of rotatable bonds is 4. The summed E-state index contributed by atoms with van der Waals surface area (Å²) in [4.78, 5) is 23.8. The second-order valence-electron chi connectivity index (χ2n) is 5.28. The number of carbonyl (C=O) groups excluding carboxylic acids is 2. The number of hydrogen-bond donors (Lipinski definition) is 2. The number of ether oxygens (including phenoxy) is 1. The fraction of sp³-hybridized carbons (Fsp3) is 0.235. The number of nitrogens with one attached hydrogen (secondary N) is 1. The van der Waals surface area contributed by atoms with Crippen molar-refractivity contribution < 1.29 is 24.0 Å². The SMILES string of the molecule is CCOC(=O)C[n+]1ccc2c(c1)C(=O)NC2(O)c1ccccc1. The Hall–Kier alpha value is -2.73. The van der Waals surface area contributed by atoms with E-state index in [9.17, 15) is 14.7 Å². The van der Waals surface area contributed by atoms with E-state index in [0.29, 0.717) is 23.3 Å². The van der Waals surface area contributed by atoms with Gasteiger partial charge in [-0.1, -0.05) is 30.3 Å². The molecule has 1 unspecified atom stereocenters. The summed E-state index contributed by atoms with van der Waals surface area (Å²) < 4.78 is 6.46. The maximum atomic E-state index is 12.2. The van der Waals surface area contributed by atoms with Crippen molar-refractivity contribution in [3.05, 3.63) is 65.5 Å². The molecule has 6 heteroatoms. The molecule has 0 saturated heterocycles. The molecule has 1 aromatic carbocycles. The lowest BCUT2D eigenvalue weighted by Crippen LogP contribution is -2.40. The molecule has 1 aliphatic heterocycles. The van der Waals surface area contributed by atoms with Crippen molar-refractivity contribution in [2.45, 2.75) is 19.2 Å². The Bertz CT molecular complexity index is 760. The van der Waals surface area contributed by atoms with Gasteiger partial charge in [0.1, 0.15) is 5.56 Å². The van der Waals surface area contributed by atoms with E-state index in [-0.39, 0.29) is 18.4 Å². The van der Waals surface area contributed by atoms with Crippen LogP contribution in [0.3, 0.4) is 0 Å². The highest BCUT2D eigenvalue weighted by atomic mass is 16.5. The molecular weight excluding hydrogens is 296 g/mol. The first-order valence-corrected chi connectivity index (χ1v) is 7.34. The Kier molecular flexibility index (Phi) is 3.83. The standard InChI is InChI=1S/C17H16N2O4/c1-2-23-15(20)11-19-9-8-14-13(10-19)16(21)18-17(14,22)12-6-4-3-5-7-12/h3-10,22H,2,11H2,1H3/p+1. The van der Waals surface area contributed by atoms with E-state index in [1.807, 2.05) is 6.07 Å². The van der Waals surface area contributed by atoms with Gasteiger partial charge in [-0.25, -0.2) is 4.79 Å². The van der Waals surface area contributed by atoms with Gasteiger partial charge in [-0.15, -0.1) is 0 Å². The second-order valence-corrected chi connectivity index (χ2v) is 5.28. The third-order valence-corrected chi connectivity index (χ3v) is 3.76. The minimum atomic E-state index is -1.56. The normalized spacial score (nSPS) is 19.1. The highest BCUT2D eigenvalue weighted by Gasteiger charge is 2.44. The molecule has 0 saturated carbocycles. The number of hydrogen-bond acceptors (Lipinski definition) is 4. The molecule has 1 aliphatic rings. The van der Waals surface area contributed by atoms with Gasteiger partial charge >= 0.3 is 5.97 Å². The zero-order chi connectivity index (χ0) is 16.4. The average molecular weight is 313 g/mol. The minimum absolute atomic E-state index is 0.0121. The molecule has 118 valence electrons. The van der Waals surface area contributed by atoms with Gasteiger partial charge in [-0.3, -0.25) is 4.79 Å². The molecule has 2 N–H and O–H groups in total. The first-order chi connectivity index (χ1) is 11.0. The van der Waals surface area contributed by atoms with Crippen LogP contribution in [0.1, 0.15) is 28.4 Å². The Labute approximate surface area is 133 Å². The lowest BCUT2D eigenvalue weighted by molar-refractivity contribution is -0.686. The van der Waals surface area contributed by atoms with Crippen LogP contribution in [0.25, 0.3) is 0 Å². The summed E-state index contributed by atoms with van der Waals surface area (Å²) in [7, 11) is 0. The summed E-state index contributed by atoms with van der Waals surface area (Å²) in [5.41, 5.74) is -0.177. The van der Waals surface area contributed by atoms with Crippen LogP contribution >= 0.6 is 0 Å². The molecular formula is C17H17N2O4+. The van der Waals surface area contributed by atoms with E-state index >= 15 is 0 Å². The Morgan fingerprint density at radius 1 is 1.30 bits per heavy atom. The summed E-state index contributed by atoms with van der Waals surface area (Å²) >= 11 is 0. The Balaban J connectivity index is 1.96. The van der Waals surface area contributed by atoms with Crippen LogP contribution in [0.15, 0.2) is 48.8 Å². The quantitative estimate of drug-likeness (QED) is 0.635.